The average Bonchev–Trinajstić information content (AvgIpc) is 1.65. The minimum Gasteiger partial charge on any atom is -0.481 e. The molecule has 3 aliphatic rings. The lowest BCUT2D eigenvalue weighted by Gasteiger charge is -2.32. The maximum Gasteiger partial charge on any atom is 0.317 e. The Hall–Kier alpha value is -12.1. The molecule has 48 heteroatoms. The number of carboxylic acid groups (broad SMARTS) is 5. The molecule has 2 bridgehead atoms. The van der Waals surface area contributed by atoms with Crippen LogP contribution < -0.4 is 63.8 Å². The fourth-order valence-electron chi connectivity index (χ4n) is 17.2. The van der Waals surface area contributed by atoms with Crippen molar-refractivity contribution in [3.8, 4) is 0 Å². The van der Waals surface area contributed by atoms with Crippen LogP contribution in [0.25, 0.3) is 21.8 Å². The molecule has 3 aliphatic heterocycles. The second-order valence-electron chi connectivity index (χ2n) is 38.9. The maximum absolute atomic E-state index is 15.7. The van der Waals surface area contributed by atoms with E-state index in [1.54, 1.807) is 95.2 Å². The molecule has 5 heterocycles. The number of thioether (sulfide) groups is 2. The summed E-state index contributed by atoms with van der Waals surface area (Å²) in [7, 11) is 0. The highest BCUT2D eigenvalue weighted by atomic mass is 35.5. The van der Waals surface area contributed by atoms with Gasteiger partial charge in [0.25, 0.3) is 0 Å². The minimum atomic E-state index is -1.84. The maximum atomic E-state index is 15.7. The molecule has 149 heavy (non-hydrogen) atoms. The molecule has 3 aromatic carbocycles. The van der Waals surface area contributed by atoms with E-state index >= 15 is 19.2 Å². The van der Waals surface area contributed by atoms with Gasteiger partial charge in [0.1, 0.15) is 59.9 Å². The van der Waals surface area contributed by atoms with Gasteiger partial charge in [-0.2, -0.15) is 23.5 Å². The number of ether oxygens (including phenoxy) is 3. The molecule has 19 N–H and O–H groups in total. The van der Waals surface area contributed by atoms with Crippen LogP contribution in [0, 0.1) is 17.8 Å². The van der Waals surface area contributed by atoms with Gasteiger partial charge in [-0.1, -0.05) is 102 Å². The molecule has 8 rings (SSSR count). The summed E-state index contributed by atoms with van der Waals surface area (Å²) in [4.78, 5) is 262. The van der Waals surface area contributed by atoms with E-state index in [1.165, 1.54) is 30.5 Å². The average molecular weight is 2140 g/mol. The number of aromatic nitrogens is 2. The van der Waals surface area contributed by atoms with E-state index < -0.39 is 180 Å². The molecule has 0 unspecified atom stereocenters. The van der Waals surface area contributed by atoms with Crippen LogP contribution in [0.2, 0.25) is 5.02 Å². The molecule has 13 amide bonds. The van der Waals surface area contributed by atoms with Gasteiger partial charge in [0.05, 0.1) is 59.0 Å². The van der Waals surface area contributed by atoms with Crippen LogP contribution in [0.5, 0.6) is 0 Å². The third kappa shape index (κ3) is 43.4. The second kappa shape index (κ2) is 63.2. The number of nitrogens with one attached hydrogen (secondary N) is 14. The van der Waals surface area contributed by atoms with Crippen molar-refractivity contribution < 1.29 is 126 Å². The summed E-state index contributed by atoms with van der Waals surface area (Å²) < 4.78 is 16.9. The lowest BCUT2D eigenvalue weighted by Crippen LogP contribution is -2.64. The number of carboxylic acids is 5. The van der Waals surface area contributed by atoms with Crippen molar-refractivity contribution in [2.75, 3.05) is 156 Å². The minimum absolute atomic E-state index is 0.0185. The number of aliphatic carboxylic acids is 5. The Morgan fingerprint density at radius 1 is 0.517 bits per heavy atom. The lowest BCUT2D eigenvalue weighted by atomic mass is 9.96. The normalized spacial score (nSPS) is 18.7. The van der Waals surface area contributed by atoms with Crippen molar-refractivity contribution in [3.05, 3.63) is 106 Å². The molecule has 0 spiro atoms. The first-order chi connectivity index (χ1) is 71.0. The Bertz CT molecular complexity index is 5310. The molecular formula is C101H148ClN19O26S2. The number of likely N-dealkylation sites (tertiary alicyclic amines) is 1. The van der Waals surface area contributed by atoms with Gasteiger partial charge in [0.15, 0.2) is 0 Å². The Labute approximate surface area is 879 Å². The Kier molecular flexibility index (Phi) is 51.8. The highest BCUT2D eigenvalue weighted by Gasteiger charge is 2.44. The summed E-state index contributed by atoms with van der Waals surface area (Å²) in [6, 6.07) is 6.61. The number of para-hydroxylation sites is 1. The van der Waals surface area contributed by atoms with Crippen molar-refractivity contribution >= 4 is 164 Å². The first-order valence-corrected chi connectivity index (χ1v) is 53.3. The molecule has 822 valence electrons. The van der Waals surface area contributed by atoms with E-state index in [1.807, 2.05) is 56.9 Å². The zero-order chi connectivity index (χ0) is 109. The molecule has 5 aromatic rings. The molecule has 10 atom stereocenters. The van der Waals surface area contributed by atoms with Gasteiger partial charge in [0, 0.05) is 186 Å². The van der Waals surface area contributed by atoms with Crippen molar-refractivity contribution in [1.82, 2.24) is 98.3 Å². The number of carbonyl (C=O) groups excluding carboxylic acids is 13. The van der Waals surface area contributed by atoms with Crippen LogP contribution in [0.1, 0.15) is 155 Å². The summed E-state index contributed by atoms with van der Waals surface area (Å²) in [6.07, 6.45) is 1.13. The van der Waals surface area contributed by atoms with E-state index in [-0.39, 0.29) is 192 Å². The smallest absolute Gasteiger partial charge is 0.317 e. The van der Waals surface area contributed by atoms with Crippen LogP contribution in [0.3, 0.4) is 0 Å². The zero-order valence-electron chi connectivity index (χ0n) is 86.0. The molecule has 2 fully saturated rings. The number of nitrogens with zero attached hydrogens (tertiary/aromatic N) is 5. The predicted molar refractivity (Wildman–Crippen MR) is 556 cm³/mol. The number of aromatic amines is 2. The van der Waals surface area contributed by atoms with E-state index in [4.69, 9.17) is 25.8 Å². The zero-order valence-corrected chi connectivity index (χ0v) is 88.3. The molecular weight excluding hydrogens is 1990 g/mol. The molecule has 45 nitrogen and oxygen atoms in total. The summed E-state index contributed by atoms with van der Waals surface area (Å²) in [5, 5.41) is 83.3. The van der Waals surface area contributed by atoms with Gasteiger partial charge < -0.3 is 118 Å². The monoisotopic (exact) mass is 2140 g/mol. The molecule has 2 saturated heterocycles. The third-order valence-electron chi connectivity index (χ3n) is 25.4. The van der Waals surface area contributed by atoms with Gasteiger partial charge in [0.2, 0.25) is 76.8 Å². The van der Waals surface area contributed by atoms with Gasteiger partial charge in [-0.3, -0.25) is 106 Å². The number of fused-ring (bicyclic) bond motifs is 4. The van der Waals surface area contributed by atoms with Crippen molar-refractivity contribution in [2.24, 2.45) is 17.8 Å². The predicted octanol–water partition coefficient (Wildman–Crippen LogP) is 1.94. The van der Waals surface area contributed by atoms with Crippen molar-refractivity contribution in [2.45, 2.75) is 217 Å². The second-order valence-corrected chi connectivity index (χ2v) is 41.5. The van der Waals surface area contributed by atoms with Gasteiger partial charge in [-0.15, -0.1) is 0 Å². The Morgan fingerprint density at radius 2 is 1.05 bits per heavy atom. The van der Waals surface area contributed by atoms with Crippen molar-refractivity contribution in [3.63, 3.8) is 0 Å². The van der Waals surface area contributed by atoms with E-state index in [0.717, 1.165) is 11.1 Å². The SMILES string of the molecule is CC[C@H](C)[C@@H]1NC(=O)[C@H](CC(C)C)NC(=O)C(C)(C)NC(=O)[C@@H](NC(=O)[C@@H](CC(C)C)NC(=O)[C@H](CCC(=O)O)NC(=O)[C@@H]2CCCN2C(=O)[C@H](Cc2c[nH]c3ccc(Cl)cc23)NC(=O)[C@H](Cc2c[nH]c3ccccc23)NC(=O)[C@H](CC(=O)O)NC(=O)CCC(=O)NCCCOCCOCCOCCCNC(=O)CN2CCN(CC(=O)O)CCN(CC(=O)O)CCN(CC(=O)O)CC2)CSCc2cccc(c2)CSCCNC1=O. The van der Waals surface area contributed by atoms with Gasteiger partial charge in [-0.05, 0) is 123 Å². The van der Waals surface area contributed by atoms with E-state index in [9.17, 15) is 92.7 Å². The summed E-state index contributed by atoms with van der Waals surface area (Å²) >= 11 is 9.44. The number of halogens is 1. The summed E-state index contributed by atoms with van der Waals surface area (Å²) in [5.74, 6) is -15.5. The Morgan fingerprint density at radius 3 is 1.64 bits per heavy atom. The molecule has 2 aromatic heterocycles. The first kappa shape index (κ1) is 122. The Balaban J connectivity index is 0.873. The van der Waals surface area contributed by atoms with Gasteiger partial charge in [-0.25, -0.2) is 0 Å². The van der Waals surface area contributed by atoms with Crippen LogP contribution in [-0.2, 0) is 125 Å². The number of carbonyl (C=O) groups is 18. The van der Waals surface area contributed by atoms with Crippen LogP contribution in [0.4, 0.5) is 0 Å². The fourth-order valence-corrected chi connectivity index (χ4v) is 19.2. The van der Waals surface area contributed by atoms with Crippen LogP contribution in [-0.4, -0.2) is 382 Å². The molecule has 0 saturated carbocycles. The van der Waals surface area contributed by atoms with E-state index in [2.05, 4.69) is 73.8 Å². The number of hydrogen-bond donors (Lipinski definition) is 19. The van der Waals surface area contributed by atoms with Crippen molar-refractivity contribution in [1.29, 1.82) is 0 Å². The number of H-pyrrole nitrogens is 2. The van der Waals surface area contributed by atoms with E-state index in [0.29, 0.717) is 107 Å². The highest BCUT2D eigenvalue weighted by molar-refractivity contribution is 7.98. The highest BCUT2D eigenvalue weighted by Crippen LogP contribution is 2.29. The van der Waals surface area contributed by atoms with Crippen LogP contribution >= 0.6 is 35.1 Å². The number of hydrogen-bond acceptors (Lipinski definition) is 27. The number of amides is 13. The first-order valence-electron chi connectivity index (χ1n) is 50.6. The number of benzene rings is 3. The largest absolute Gasteiger partial charge is 0.481 e. The lowest BCUT2D eigenvalue weighted by molar-refractivity contribution is -0.143. The quantitative estimate of drug-likeness (QED) is 0.0247. The number of rotatable bonds is 52. The summed E-state index contributed by atoms with van der Waals surface area (Å²) in [6.45, 7) is 17.1. The standard InChI is InChI=1S/C101H148ClN19O26S2/c1-9-64(6)90-98(142)105-29-45-148-59-65-16-12-17-66(48-65)60-149-61-80(96(140)116-101(7,8)100(144)114-76(47-63(4)5)95(139)115-90)113-92(136)75(46-62(2)3)110-91(135)74(23-26-85(125)126)109-97(141)81-20-13-30-121(81)99(143)79(50-68-54-107-73-22-21-69(102)51-71(68)73)112-93(137)77(49-67-53-106-72-19-11-10-18-70(67)72)111-94(138)78(52-86(127)128)108-83(123)25-24-82(122)103-27-14-39-145-41-43-147-44-42-146-40-15-28-104-84(124)55-117-31-33-118(56-87(129)130)35-37-120(58-89(133)134)38-36-119(34-32-117)57-88(131)132/h10-12,16-19,21-22,48,51,53-54,62-64,74-81,90,106-107H,9,13-15,20,23-47,49-50,52,55-61H2,1-8H3,(H,103,122)(H,104,124)(H,105,142)(H,108,123)(H,109,141)(H,110,135)(H,111,138)(H,112,137)(H,113,136)(H,114,144)(H,115,139)(H,116,140)(H,125,126)(H,127,128)(H,129,130)(H,131,132)(H,133,134)/t64-,74-,75+,76-,77-,78-,79-,80-,81-,90-/m0/s1. The topological polar surface area (TPSA) is 628 Å². The third-order valence-corrected chi connectivity index (χ3v) is 27.8. The fraction of sp³-hybridized carbons (Fsp3) is 0.604. The molecule has 0 aliphatic carbocycles. The summed E-state index contributed by atoms with van der Waals surface area (Å²) in [5.41, 5.74) is 2.26. The van der Waals surface area contributed by atoms with Crippen LogP contribution in [0.15, 0.2) is 79.1 Å². The molecule has 0 radical (unpaired) electrons. The van der Waals surface area contributed by atoms with Gasteiger partial charge >= 0.3 is 29.8 Å².